The molecular weight excluding hydrogens is 772 g/mol. The van der Waals surface area contributed by atoms with Crippen LogP contribution in [0.2, 0.25) is 0 Å². The van der Waals surface area contributed by atoms with Crippen molar-refractivity contribution >= 4 is 47.2 Å². The lowest BCUT2D eigenvalue weighted by Gasteiger charge is -2.37. The van der Waals surface area contributed by atoms with E-state index in [0.29, 0.717) is 18.2 Å². The van der Waals surface area contributed by atoms with Crippen LogP contribution in [-0.2, 0) is 46.3 Å². The molecule has 0 aromatic heterocycles. The first-order chi connectivity index (χ1) is 27.9. The lowest BCUT2D eigenvalue weighted by Crippen LogP contribution is -2.63. The normalized spacial score (nSPS) is 26.7. The Balaban J connectivity index is 1.51. The van der Waals surface area contributed by atoms with Gasteiger partial charge in [0.05, 0.1) is 6.10 Å². The number of amides is 7. The first kappa shape index (κ1) is 44.5. The van der Waals surface area contributed by atoms with Gasteiger partial charge in [-0.05, 0) is 87.8 Å². The van der Waals surface area contributed by atoms with Crippen LogP contribution in [0.3, 0.4) is 0 Å². The van der Waals surface area contributed by atoms with E-state index in [2.05, 4.69) is 21.3 Å². The second-order valence-electron chi connectivity index (χ2n) is 15.7. The van der Waals surface area contributed by atoms with Crippen molar-refractivity contribution in [2.24, 2.45) is 5.92 Å². The fourth-order valence-electron chi connectivity index (χ4n) is 7.97. The van der Waals surface area contributed by atoms with Crippen LogP contribution in [0.5, 0.6) is 0 Å². The van der Waals surface area contributed by atoms with Crippen LogP contribution in [-0.4, -0.2) is 130 Å². The molecule has 320 valence electrons. The number of aliphatic hydroxyl groups is 1. The molecule has 7 amide bonds. The molecule has 9 unspecified atom stereocenters. The van der Waals surface area contributed by atoms with Gasteiger partial charge in [0, 0.05) is 38.3 Å². The number of hydrogen-bond donors (Lipinski definition) is 5. The molecule has 0 aliphatic carbocycles. The van der Waals surface area contributed by atoms with Gasteiger partial charge in [-0.3, -0.25) is 24.0 Å². The van der Waals surface area contributed by atoms with Crippen molar-refractivity contribution in [3.63, 3.8) is 0 Å². The van der Waals surface area contributed by atoms with Gasteiger partial charge in [-0.2, -0.15) is 0 Å². The number of esters is 1. The highest BCUT2D eigenvalue weighted by atomic mass is 19.1. The Labute approximate surface area is 341 Å². The minimum atomic E-state index is -1.69. The van der Waals surface area contributed by atoms with E-state index in [-0.39, 0.29) is 37.4 Å². The summed E-state index contributed by atoms with van der Waals surface area (Å²) in [5.41, 5.74) is 1.39. The van der Waals surface area contributed by atoms with Crippen LogP contribution >= 0.6 is 0 Å². The SMILES string of the molecule is CCc1ccc(NC(=O)NC(Cc2cc(F)cc(F)c2)C(=O)NC2C(=O)N3CCCC3C(=O)N(C)C(C(C)O)C(=O)NC(C)C(=O)N3CC(C)CC3C(=O)OC2C)cc1. The van der Waals surface area contributed by atoms with Gasteiger partial charge in [0.2, 0.25) is 29.5 Å². The highest BCUT2D eigenvalue weighted by molar-refractivity contribution is 5.98. The second-order valence-corrected chi connectivity index (χ2v) is 15.7. The van der Waals surface area contributed by atoms with Crippen LogP contribution in [0.4, 0.5) is 19.3 Å². The number of nitrogens with zero attached hydrogens (tertiary/aromatic N) is 3. The third kappa shape index (κ3) is 10.5. The maximum absolute atomic E-state index is 14.6. The molecule has 2 aromatic carbocycles. The number of aryl methyl sites for hydroxylation is 1. The summed E-state index contributed by atoms with van der Waals surface area (Å²) < 4.78 is 34.5. The van der Waals surface area contributed by atoms with Gasteiger partial charge in [0.15, 0.2) is 0 Å². The minimum absolute atomic E-state index is 0.00155. The first-order valence-electron chi connectivity index (χ1n) is 19.9. The molecule has 5 N–H and O–H groups in total. The Morgan fingerprint density at radius 2 is 1.59 bits per heavy atom. The zero-order valence-corrected chi connectivity index (χ0v) is 34.0. The molecular formula is C41H53F2N7O9. The van der Waals surface area contributed by atoms with Gasteiger partial charge in [0.25, 0.3) is 0 Å². The van der Waals surface area contributed by atoms with Crippen LogP contribution in [0, 0.1) is 17.6 Å². The third-order valence-corrected chi connectivity index (χ3v) is 11.0. The molecule has 59 heavy (non-hydrogen) atoms. The molecule has 0 spiro atoms. The smallest absolute Gasteiger partial charge is 0.329 e. The van der Waals surface area contributed by atoms with E-state index >= 15 is 0 Å². The molecule has 3 saturated heterocycles. The highest BCUT2D eigenvalue weighted by Gasteiger charge is 2.47. The van der Waals surface area contributed by atoms with E-state index in [4.69, 9.17) is 4.74 Å². The number of rotatable bonds is 8. The number of benzene rings is 2. The molecule has 3 fully saturated rings. The van der Waals surface area contributed by atoms with Crippen LogP contribution in [0.25, 0.3) is 0 Å². The van der Waals surface area contributed by atoms with Crippen molar-refractivity contribution in [1.29, 1.82) is 0 Å². The van der Waals surface area contributed by atoms with Crippen molar-refractivity contribution in [2.75, 3.05) is 25.5 Å². The number of ether oxygens (including phenoxy) is 1. The van der Waals surface area contributed by atoms with Gasteiger partial charge in [0.1, 0.15) is 54.0 Å². The maximum atomic E-state index is 14.6. The molecule has 2 aromatic rings. The minimum Gasteiger partial charge on any atom is -0.458 e. The standard InChI is InChI=1S/C41H53F2N7O9/c1-7-25-10-12-29(13-11-25)45-41(58)46-30(18-26-16-27(42)19-28(43)17-26)35(52)47-33-24(5)59-40(57)32-15-21(2)20-50(32)37(54)22(3)44-36(53)34(23(4)51)48(6)38(55)31-9-8-14-49(31)39(33)56/h10-13,16-17,19,21-24,30-34,51H,7-9,14-15,18,20H2,1-6H3,(H,44,53)(H,47,52)(H2,45,46,58). The Hall–Kier alpha value is -5.65. The second kappa shape index (κ2) is 18.9. The molecule has 18 heteroatoms. The maximum Gasteiger partial charge on any atom is 0.329 e. The molecule has 16 nitrogen and oxygen atoms in total. The summed E-state index contributed by atoms with van der Waals surface area (Å²) in [4.78, 5) is 101. The number of halogens is 2. The summed E-state index contributed by atoms with van der Waals surface area (Å²) in [6, 6.07) is 0.519. The topological polar surface area (TPSA) is 207 Å². The lowest BCUT2D eigenvalue weighted by atomic mass is 10.0. The zero-order valence-electron chi connectivity index (χ0n) is 34.0. The Morgan fingerprint density at radius 3 is 2.22 bits per heavy atom. The quantitative estimate of drug-likeness (QED) is 0.245. The fourth-order valence-corrected chi connectivity index (χ4v) is 7.97. The third-order valence-electron chi connectivity index (χ3n) is 11.0. The lowest BCUT2D eigenvalue weighted by molar-refractivity contribution is -0.163. The molecule has 0 saturated carbocycles. The predicted molar refractivity (Wildman–Crippen MR) is 209 cm³/mol. The van der Waals surface area contributed by atoms with Crippen LogP contribution < -0.4 is 21.3 Å². The highest BCUT2D eigenvalue weighted by Crippen LogP contribution is 2.27. The van der Waals surface area contributed by atoms with Crippen LogP contribution in [0.15, 0.2) is 42.5 Å². The summed E-state index contributed by atoms with van der Waals surface area (Å²) in [6.45, 7) is 8.04. The van der Waals surface area contributed by atoms with Crippen molar-refractivity contribution in [1.82, 2.24) is 30.7 Å². The summed E-state index contributed by atoms with van der Waals surface area (Å²) in [5, 5.41) is 21.0. The number of hydrogen-bond acceptors (Lipinski definition) is 9. The predicted octanol–water partition coefficient (Wildman–Crippen LogP) is 1.63. The summed E-state index contributed by atoms with van der Waals surface area (Å²) >= 11 is 0. The zero-order chi connectivity index (χ0) is 43.3. The number of cyclic esters (lactones) is 1. The van der Waals surface area contributed by atoms with E-state index in [1.807, 2.05) is 13.8 Å². The average molecular weight is 826 g/mol. The van der Waals surface area contributed by atoms with E-state index < -0.39 is 108 Å². The van der Waals surface area contributed by atoms with Gasteiger partial charge < -0.3 is 45.8 Å². The van der Waals surface area contributed by atoms with Gasteiger partial charge in [-0.1, -0.05) is 26.0 Å². The monoisotopic (exact) mass is 825 g/mol. The summed E-state index contributed by atoms with van der Waals surface area (Å²) in [6.07, 6.45) is -1.83. The number of aliphatic hydroxyl groups excluding tert-OH is 1. The number of anilines is 1. The molecule has 0 radical (unpaired) electrons. The fraction of sp³-hybridized carbons (Fsp3) is 0.537. The molecule has 3 aliphatic rings. The number of fused-ring (bicyclic) bond motifs is 2. The number of carbonyl (C=O) groups is 7. The van der Waals surface area contributed by atoms with E-state index in [1.54, 1.807) is 24.3 Å². The summed E-state index contributed by atoms with van der Waals surface area (Å²) in [7, 11) is 1.30. The number of nitrogens with one attached hydrogen (secondary N) is 4. The van der Waals surface area contributed by atoms with Crippen molar-refractivity contribution in [3.05, 3.63) is 65.2 Å². The molecule has 3 heterocycles. The average Bonchev–Trinajstić information content (AvgIpc) is 3.82. The largest absolute Gasteiger partial charge is 0.458 e. The number of urea groups is 1. The van der Waals surface area contributed by atoms with Crippen molar-refractivity contribution < 1.29 is 52.2 Å². The van der Waals surface area contributed by atoms with Gasteiger partial charge >= 0.3 is 12.0 Å². The number of likely N-dealkylation sites (N-methyl/N-ethyl adjacent to an activating group) is 1. The Morgan fingerprint density at radius 1 is 0.932 bits per heavy atom. The van der Waals surface area contributed by atoms with E-state index in [1.165, 1.54) is 37.6 Å². The number of carbonyl (C=O) groups excluding carboxylic acids is 7. The van der Waals surface area contributed by atoms with E-state index in [0.717, 1.165) is 29.0 Å². The molecule has 9 atom stereocenters. The van der Waals surface area contributed by atoms with E-state index in [9.17, 15) is 47.4 Å². The van der Waals surface area contributed by atoms with Crippen molar-refractivity contribution in [3.8, 4) is 0 Å². The van der Waals surface area contributed by atoms with Gasteiger partial charge in [-0.25, -0.2) is 18.4 Å². The first-order valence-corrected chi connectivity index (χ1v) is 19.9. The Kier molecular flexibility index (Phi) is 14.3. The Bertz CT molecular complexity index is 1910. The molecule has 0 bridgehead atoms. The van der Waals surface area contributed by atoms with Crippen LogP contribution in [0.1, 0.15) is 65.0 Å². The molecule has 3 aliphatic heterocycles. The molecule has 5 rings (SSSR count). The summed E-state index contributed by atoms with van der Waals surface area (Å²) in [5.74, 6) is -6.90. The van der Waals surface area contributed by atoms with Crippen molar-refractivity contribution in [2.45, 2.75) is 115 Å². The van der Waals surface area contributed by atoms with Gasteiger partial charge in [-0.15, -0.1) is 0 Å².